The first-order valence-electron chi connectivity index (χ1n) is 8.01. The average molecular weight is 466 g/mol. The maximum Gasteiger partial charge on any atom is 0.203 e. The molecule has 0 bridgehead atoms. The minimum absolute atomic E-state index is 0. The van der Waals surface area contributed by atoms with Crippen molar-refractivity contribution in [1.29, 1.82) is 0 Å². The van der Waals surface area contributed by atoms with Crippen LogP contribution in [-0.4, -0.2) is 65.9 Å². The molecular weight excluding hydrogens is 435 g/mol. The maximum atomic E-state index is 5.37. The molecular formula is C17H31IN4O3. The summed E-state index contributed by atoms with van der Waals surface area (Å²) in [5.41, 5.74) is 1.01. The van der Waals surface area contributed by atoms with Crippen LogP contribution in [0.1, 0.15) is 12.5 Å². The molecule has 0 fully saturated rings. The van der Waals surface area contributed by atoms with Crippen LogP contribution in [0.2, 0.25) is 0 Å². The zero-order valence-electron chi connectivity index (χ0n) is 16.0. The quantitative estimate of drug-likeness (QED) is 0.330. The average Bonchev–Trinajstić information content (AvgIpc) is 2.62. The van der Waals surface area contributed by atoms with Crippen molar-refractivity contribution in [3.63, 3.8) is 0 Å². The van der Waals surface area contributed by atoms with E-state index in [0.29, 0.717) is 23.8 Å². The normalized spacial score (nSPS) is 10.9. The molecule has 25 heavy (non-hydrogen) atoms. The second-order valence-electron chi connectivity index (χ2n) is 5.28. The highest BCUT2D eigenvalue weighted by atomic mass is 127. The molecule has 0 aromatic heterocycles. The topological polar surface area (TPSA) is 67.4 Å². The Balaban J connectivity index is 0.00000576. The molecule has 0 spiro atoms. The van der Waals surface area contributed by atoms with Crippen molar-refractivity contribution in [2.75, 3.05) is 55.1 Å². The van der Waals surface area contributed by atoms with Crippen LogP contribution in [0.15, 0.2) is 17.1 Å². The van der Waals surface area contributed by atoms with E-state index < -0.39 is 0 Å². The number of likely N-dealkylation sites (N-methyl/N-ethyl adjacent to an activating group) is 1. The molecule has 0 heterocycles. The predicted molar refractivity (Wildman–Crippen MR) is 113 cm³/mol. The van der Waals surface area contributed by atoms with Gasteiger partial charge in [-0.2, -0.15) is 0 Å². The monoisotopic (exact) mass is 466 g/mol. The minimum atomic E-state index is 0. The first-order valence-corrected chi connectivity index (χ1v) is 8.01. The highest BCUT2D eigenvalue weighted by Gasteiger charge is 2.13. The summed E-state index contributed by atoms with van der Waals surface area (Å²) >= 11 is 0. The summed E-state index contributed by atoms with van der Waals surface area (Å²) in [6.07, 6.45) is 0. The van der Waals surface area contributed by atoms with E-state index in [1.165, 1.54) is 0 Å². The molecule has 1 aromatic rings. The fourth-order valence-electron chi connectivity index (χ4n) is 2.17. The first-order chi connectivity index (χ1) is 11.6. The van der Waals surface area contributed by atoms with Gasteiger partial charge in [0.15, 0.2) is 17.5 Å². The Labute approximate surface area is 168 Å². The lowest BCUT2D eigenvalue weighted by molar-refractivity contribution is 0.323. The molecule has 0 saturated heterocycles. The van der Waals surface area contributed by atoms with Crippen LogP contribution in [-0.2, 0) is 6.54 Å². The van der Waals surface area contributed by atoms with Crippen molar-refractivity contribution in [2.45, 2.75) is 13.5 Å². The molecule has 0 atom stereocenters. The Bertz CT molecular complexity index is 516. The van der Waals surface area contributed by atoms with E-state index in [2.05, 4.69) is 34.5 Å². The van der Waals surface area contributed by atoms with Crippen molar-refractivity contribution in [3.05, 3.63) is 17.7 Å². The number of aliphatic imine (C=N–C) groups is 1. The van der Waals surface area contributed by atoms with Crippen molar-refractivity contribution < 1.29 is 14.2 Å². The van der Waals surface area contributed by atoms with Crippen LogP contribution >= 0.6 is 24.0 Å². The molecule has 8 heteroatoms. The number of halogens is 1. The number of ether oxygens (including phenoxy) is 3. The van der Waals surface area contributed by atoms with E-state index in [-0.39, 0.29) is 24.0 Å². The Morgan fingerprint density at radius 1 is 1.08 bits per heavy atom. The Morgan fingerprint density at radius 2 is 1.68 bits per heavy atom. The number of nitrogens with zero attached hydrogens (tertiary/aromatic N) is 2. The molecule has 1 aromatic carbocycles. The van der Waals surface area contributed by atoms with Crippen LogP contribution in [0.4, 0.5) is 0 Å². The maximum absolute atomic E-state index is 5.37. The Kier molecular flexibility index (Phi) is 12.1. The number of hydrogen-bond donors (Lipinski definition) is 2. The van der Waals surface area contributed by atoms with Crippen molar-refractivity contribution in [3.8, 4) is 17.2 Å². The fourth-order valence-corrected chi connectivity index (χ4v) is 2.17. The zero-order valence-corrected chi connectivity index (χ0v) is 18.3. The summed E-state index contributed by atoms with van der Waals surface area (Å²) < 4.78 is 16.1. The number of methoxy groups -OCH3 is 3. The van der Waals surface area contributed by atoms with Crippen molar-refractivity contribution in [1.82, 2.24) is 15.5 Å². The van der Waals surface area contributed by atoms with E-state index in [0.717, 1.165) is 31.2 Å². The van der Waals surface area contributed by atoms with Gasteiger partial charge in [-0.1, -0.05) is 6.92 Å². The Hall–Kier alpha value is -1.42. The third kappa shape index (κ3) is 7.55. The van der Waals surface area contributed by atoms with Crippen molar-refractivity contribution in [2.24, 2.45) is 4.99 Å². The van der Waals surface area contributed by atoms with E-state index in [4.69, 9.17) is 14.2 Å². The van der Waals surface area contributed by atoms with Gasteiger partial charge < -0.3 is 29.7 Å². The third-order valence-electron chi connectivity index (χ3n) is 3.73. The molecule has 0 unspecified atom stereocenters. The smallest absolute Gasteiger partial charge is 0.203 e. The third-order valence-corrected chi connectivity index (χ3v) is 3.73. The zero-order chi connectivity index (χ0) is 17.9. The molecule has 144 valence electrons. The van der Waals surface area contributed by atoms with Crippen LogP contribution < -0.4 is 24.8 Å². The molecule has 0 radical (unpaired) electrons. The van der Waals surface area contributed by atoms with E-state index in [9.17, 15) is 0 Å². The van der Waals surface area contributed by atoms with Gasteiger partial charge in [-0.05, 0) is 31.3 Å². The van der Waals surface area contributed by atoms with Gasteiger partial charge in [0.25, 0.3) is 0 Å². The lowest BCUT2D eigenvalue weighted by Gasteiger charge is -2.17. The molecule has 2 N–H and O–H groups in total. The van der Waals surface area contributed by atoms with E-state index in [1.54, 1.807) is 28.4 Å². The number of hydrogen-bond acceptors (Lipinski definition) is 5. The first kappa shape index (κ1) is 23.6. The number of guanidine groups is 1. The summed E-state index contributed by atoms with van der Waals surface area (Å²) in [5, 5.41) is 6.58. The molecule has 0 saturated carbocycles. The van der Waals surface area contributed by atoms with Gasteiger partial charge in [-0.15, -0.1) is 24.0 Å². The molecule has 0 aliphatic carbocycles. The van der Waals surface area contributed by atoms with Crippen LogP contribution in [0.5, 0.6) is 17.2 Å². The lowest BCUT2D eigenvalue weighted by Crippen LogP contribution is -2.40. The van der Waals surface area contributed by atoms with Gasteiger partial charge in [0, 0.05) is 26.7 Å². The minimum Gasteiger partial charge on any atom is -0.493 e. The van der Waals surface area contributed by atoms with Gasteiger partial charge >= 0.3 is 0 Å². The summed E-state index contributed by atoms with van der Waals surface area (Å²) in [5.74, 6) is 2.63. The number of nitrogens with one attached hydrogen (secondary N) is 2. The van der Waals surface area contributed by atoms with Gasteiger partial charge in [0.1, 0.15) is 0 Å². The summed E-state index contributed by atoms with van der Waals surface area (Å²) in [6.45, 7) is 5.55. The molecule has 0 aliphatic rings. The Morgan fingerprint density at radius 3 is 2.12 bits per heavy atom. The van der Waals surface area contributed by atoms with Crippen LogP contribution in [0.25, 0.3) is 0 Å². The number of benzene rings is 1. The second kappa shape index (κ2) is 12.9. The highest BCUT2D eigenvalue weighted by molar-refractivity contribution is 14.0. The molecule has 0 aliphatic heterocycles. The van der Waals surface area contributed by atoms with E-state index >= 15 is 0 Å². The summed E-state index contributed by atoms with van der Waals surface area (Å²) in [4.78, 5) is 6.47. The highest BCUT2D eigenvalue weighted by Crippen LogP contribution is 2.38. The predicted octanol–water partition coefficient (Wildman–Crippen LogP) is 1.95. The summed E-state index contributed by atoms with van der Waals surface area (Å²) in [7, 11) is 8.66. The van der Waals surface area contributed by atoms with Gasteiger partial charge in [0.05, 0.1) is 21.3 Å². The number of rotatable bonds is 9. The standard InChI is InChI=1S/C17H30N4O3.HI/c1-7-21(3)9-8-19-17(18-2)20-12-13-10-14(22-4)16(24-6)15(11-13)23-5;/h10-11H,7-9,12H2,1-6H3,(H2,18,19,20);1H. The van der Waals surface area contributed by atoms with Gasteiger partial charge in [0.2, 0.25) is 5.75 Å². The molecule has 0 amide bonds. The SMILES string of the molecule is CCN(C)CCNC(=NC)NCc1cc(OC)c(OC)c(OC)c1.I. The van der Waals surface area contributed by atoms with Crippen LogP contribution in [0.3, 0.4) is 0 Å². The lowest BCUT2D eigenvalue weighted by atomic mass is 10.2. The molecule has 7 nitrogen and oxygen atoms in total. The fraction of sp³-hybridized carbons (Fsp3) is 0.588. The van der Waals surface area contributed by atoms with E-state index in [1.807, 2.05) is 12.1 Å². The van der Waals surface area contributed by atoms with Crippen molar-refractivity contribution >= 4 is 29.9 Å². The second-order valence-corrected chi connectivity index (χ2v) is 5.28. The van der Waals surface area contributed by atoms with Gasteiger partial charge in [-0.25, -0.2) is 0 Å². The molecule has 1 rings (SSSR count). The van der Waals surface area contributed by atoms with Gasteiger partial charge in [-0.3, -0.25) is 4.99 Å². The van der Waals surface area contributed by atoms with Crippen LogP contribution in [0, 0.1) is 0 Å². The summed E-state index contributed by atoms with van der Waals surface area (Å²) in [6, 6.07) is 3.85. The largest absolute Gasteiger partial charge is 0.493 e.